The van der Waals surface area contributed by atoms with E-state index < -0.39 is 0 Å². The lowest BCUT2D eigenvalue weighted by Gasteiger charge is -2.05. The van der Waals surface area contributed by atoms with Gasteiger partial charge in [-0.15, -0.1) is 0 Å². The SMILES string of the molecule is CNCC(=O)NCCCC(=O)NC1CC1. The molecule has 1 rings (SSSR count). The van der Waals surface area contributed by atoms with Crippen LogP contribution in [0.4, 0.5) is 0 Å². The number of hydrogen-bond acceptors (Lipinski definition) is 3. The van der Waals surface area contributed by atoms with Crippen LogP contribution in [0.3, 0.4) is 0 Å². The summed E-state index contributed by atoms with van der Waals surface area (Å²) in [5.74, 6) is 0.0699. The van der Waals surface area contributed by atoms with Gasteiger partial charge < -0.3 is 16.0 Å². The summed E-state index contributed by atoms with van der Waals surface area (Å²) in [5.41, 5.74) is 0. The second-order valence-electron chi connectivity index (χ2n) is 3.83. The quantitative estimate of drug-likeness (QED) is 0.494. The summed E-state index contributed by atoms with van der Waals surface area (Å²) in [5, 5.41) is 8.39. The molecule has 1 aliphatic carbocycles. The number of carbonyl (C=O) groups is 2. The number of amides is 2. The van der Waals surface area contributed by atoms with Crippen LogP contribution in [0.25, 0.3) is 0 Å². The van der Waals surface area contributed by atoms with E-state index in [4.69, 9.17) is 0 Å². The van der Waals surface area contributed by atoms with Crippen LogP contribution in [0.5, 0.6) is 0 Å². The number of rotatable bonds is 7. The van der Waals surface area contributed by atoms with Gasteiger partial charge in [0.05, 0.1) is 6.54 Å². The third kappa shape index (κ3) is 6.06. The average molecular weight is 213 g/mol. The Bertz CT molecular complexity index is 227. The van der Waals surface area contributed by atoms with Gasteiger partial charge in [0.2, 0.25) is 11.8 Å². The number of carbonyl (C=O) groups excluding carboxylic acids is 2. The van der Waals surface area contributed by atoms with Gasteiger partial charge in [-0.05, 0) is 26.3 Å². The molecular formula is C10H19N3O2. The van der Waals surface area contributed by atoms with Gasteiger partial charge in [-0.3, -0.25) is 9.59 Å². The smallest absolute Gasteiger partial charge is 0.233 e. The summed E-state index contributed by atoms with van der Waals surface area (Å²) in [4.78, 5) is 22.2. The Balaban J connectivity index is 1.91. The van der Waals surface area contributed by atoms with E-state index >= 15 is 0 Å². The van der Waals surface area contributed by atoms with Crippen molar-refractivity contribution in [1.82, 2.24) is 16.0 Å². The van der Waals surface area contributed by atoms with E-state index in [-0.39, 0.29) is 11.8 Å². The highest BCUT2D eigenvalue weighted by molar-refractivity contribution is 5.78. The van der Waals surface area contributed by atoms with Crippen molar-refractivity contribution in [3.63, 3.8) is 0 Å². The van der Waals surface area contributed by atoms with E-state index in [0.29, 0.717) is 32.0 Å². The summed E-state index contributed by atoms with van der Waals surface area (Å²) < 4.78 is 0. The van der Waals surface area contributed by atoms with Crippen molar-refractivity contribution in [1.29, 1.82) is 0 Å². The molecule has 2 amide bonds. The van der Waals surface area contributed by atoms with E-state index in [1.54, 1.807) is 7.05 Å². The fourth-order valence-electron chi connectivity index (χ4n) is 1.23. The highest BCUT2D eigenvalue weighted by Gasteiger charge is 2.22. The maximum atomic E-state index is 11.2. The van der Waals surface area contributed by atoms with Gasteiger partial charge in [-0.25, -0.2) is 0 Å². The Morgan fingerprint density at radius 2 is 2.00 bits per heavy atom. The van der Waals surface area contributed by atoms with Crippen molar-refractivity contribution in [2.45, 2.75) is 31.7 Å². The fourth-order valence-corrected chi connectivity index (χ4v) is 1.23. The Hall–Kier alpha value is -1.10. The molecule has 1 fully saturated rings. The van der Waals surface area contributed by atoms with Crippen molar-refractivity contribution in [2.75, 3.05) is 20.1 Å². The molecule has 15 heavy (non-hydrogen) atoms. The normalized spacial score (nSPS) is 14.7. The van der Waals surface area contributed by atoms with Crippen molar-refractivity contribution in [3.8, 4) is 0 Å². The molecule has 0 unspecified atom stereocenters. The van der Waals surface area contributed by atoms with E-state index in [2.05, 4.69) is 16.0 Å². The van der Waals surface area contributed by atoms with Crippen LogP contribution in [-0.4, -0.2) is 38.0 Å². The molecule has 3 N–H and O–H groups in total. The highest BCUT2D eigenvalue weighted by Crippen LogP contribution is 2.18. The first-order valence-electron chi connectivity index (χ1n) is 5.43. The number of likely N-dealkylation sites (N-methyl/N-ethyl adjacent to an activating group) is 1. The molecular weight excluding hydrogens is 194 g/mol. The Morgan fingerprint density at radius 3 is 2.60 bits per heavy atom. The highest BCUT2D eigenvalue weighted by atomic mass is 16.2. The number of nitrogens with one attached hydrogen (secondary N) is 3. The zero-order chi connectivity index (χ0) is 11.1. The second-order valence-corrected chi connectivity index (χ2v) is 3.83. The molecule has 0 spiro atoms. The van der Waals surface area contributed by atoms with E-state index in [9.17, 15) is 9.59 Å². The predicted octanol–water partition coefficient (Wildman–Crippen LogP) is -0.619. The molecule has 0 bridgehead atoms. The van der Waals surface area contributed by atoms with Crippen LogP contribution >= 0.6 is 0 Å². The van der Waals surface area contributed by atoms with Gasteiger partial charge in [0.25, 0.3) is 0 Å². The van der Waals surface area contributed by atoms with Crippen LogP contribution in [0.1, 0.15) is 25.7 Å². The fraction of sp³-hybridized carbons (Fsp3) is 0.800. The summed E-state index contributed by atoms with van der Waals surface area (Å²) in [7, 11) is 1.72. The Labute approximate surface area is 90.0 Å². The van der Waals surface area contributed by atoms with Gasteiger partial charge >= 0.3 is 0 Å². The van der Waals surface area contributed by atoms with Gasteiger partial charge in [-0.2, -0.15) is 0 Å². The predicted molar refractivity (Wildman–Crippen MR) is 57.3 cm³/mol. The molecule has 0 heterocycles. The second kappa shape index (κ2) is 6.40. The van der Waals surface area contributed by atoms with E-state index in [1.165, 1.54) is 0 Å². The Morgan fingerprint density at radius 1 is 1.27 bits per heavy atom. The number of hydrogen-bond donors (Lipinski definition) is 3. The third-order valence-electron chi connectivity index (χ3n) is 2.18. The lowest BCUT2D eigenvalue weighted by Crippen LogP contribution is -2.33. The standard InChI is InChI=1S/C10H19N3O2/c1-11-7-10(15)12-6-2-3-9(14)13-8-4-5-8/h8,11H,2-7H2,1H3,(H,12,15)(H,13,14). The van der Waals surface area contributed by atoms with Crippen molar-refractivity contribution in [3.05, 3.63) is 0 Å². The molecule has 0 aromatic heterocycles. The van der Waals surface area contributed by atoms with Crippen molar-refractivity contribution < 1.29 is 9.59 Å². The van der Waals surface area contributed by atoms with Gasteiger partial charge in [-0.1, -0.05) is 0 Å². The van der Waals surface area contributed by atoms with Crippen LogP contribution in [0.15, 0.2) is 0 Å². The van der Waals surface area contributed by atoms with Gasteiger partial charge in [0, 0.05) is 19.0 Å². The van der Waals surface area contributed by atoms with E-state index in [1.807, 2.05) is 0 Å². The third-order valence-corrected chi connectivity index (χ3v) is 2.18. The first-order chi connectivity index (χ1) is 7.22. The molecule has 5 nitrogen and oxygen atoms in total. The molecule has 0 aromatic rings. The van der Waals surface area contributed by atoms with Crippen LogP contribution in [-0.2, 0) is 9.59 Å². The molecule has 0 saturated heterocycles. The summed E-state index contributed by atoms with van der Waals surface area (Å²) >= 11 is 0. The van der Waals surface area contributed by atoms with Crippen molar-refractivity contribution >= 4 is 11.8 Å². The molecule has 0 atom stereocenters. The summed E-state index contributed by atoms with van der Waals surface area (Å²) in [6.45, 7) is 0.896. The van der Waals surface area contributed by atoms with E-state index in [0.717, 1.165) is 12.8 Å². The van der Waals surface area contributed by atoms with Crippen molar-refractivity contribution in [2.24, 2.45) is 0 Å². The van der Waals surface area contributed by atoms with Crippen LogP contribution in [0, 0.1) is 0 Å². The zero-order valence-corrected chi connectivity index (χ0v) is 9.14. The first-order valence-corrected chi connectivity index (χ1v) is 5.43. The largest absolute Gasteiger partial charge is 0.355 e. The Kier molecular flexibility index (Phi) is 5.10. The molecule has 0 aliphatic heterocycles. The first kappa shape index (κ1) is 12.0. The minimum atomic E-state index is -0.0277. The lowest BCUT2D eigenvalue weighted by molar-refractivity contribution is -0.122. The maximum absolute atomic E-state index is 11.2. The average Bonchev–Trinajstić information content (AvgIpc) is 2.97. The maximum Gasteiger partial charge on any atom is 0.233 e. The molecule has 5 heteroatoms. The molecule has 1 aliphatic rings. The lowest BCUT2D eigenvalue weighted by atomic mass is 10.3. The minimum absolute atomic E-state index is 0.0277. The van der Waals surface area contributed by atoms with Gasteiger partial charge in [0.15, 0.2) is 0 Å². The topological polar surface area (TPSA) is 70.2 Å². The minimum Gasteiger partial charge on any atom is -0.355 e. The van der Waals surface area contributed by atoms with Crippen LogP contribution < -0.4 is 16.0 Å². The summed E-state index contributed by atoms with van der Waals surface area (Å²) in [6, 6.07) is 0.427. The van der Waals surface area contributed by atoms with Crippen LogP contribution in [0.2, 0.25) is 0 Å². The summed E-state index contributed by atoms with van der Waals surface area (Å²) in [6.07, 6.45) is 3.43. The monoisotopic (exact) mass is 213 g/mol. The molecule has 0 radical (unpaired) electrons. The molecule has 86 valence electrons. The molecule has 1 saturated carbocycles. The van der Waals surface area contributed by atoms with Gasteiger partial charge in [0.1, 0.15) is 0 Å². The molecule has 0 aromatic carbocycles. The zero-order valence-electron chi connectivity index (χ0n) is 9.14.